The minimum Gasteiger partial charge on any atom is -0.381 e. The molecular formula is C9H8FN3O2. The molecule has 0 saturated heterocycles. The number of nitrogens with one attached hydrogen (secondary N) is 1. The summed E-state index contributed by atoms with van der Waals surface area (Å²) in [4.78, 5) is 9.92. The molecule has 0 atom stereocenters. The van der Waals surface area contributed by atoms with E-state index in [2.05, 4.69) is 5.32 Å². The van der Waals surface area contributed by atoms with Gasteiger partial charge in [-0.05, 0) is 6.07 Å². The lowest BCUT2D eigenvalue weighted by Crippen LogP contribution is -2.05. The summed E-state index contributed by atoms with van der Waals surface area (Å²) in [7, 11) is 0. The summed E-state index contributed by atoms with van der Waals surface area (Å²) in [5, 5.41) is 21.9. The number of alkyl halides is 1. The lowest BCUT2D eigenvalue weighted by molar-refractivity contribution is -0.385. The first kappa shape index (κ1) is 10.9. The molecule has 1 rings (SSSR count). The van der Waals surface area contributed by atoms with E-state index in [0.717, 1.165) is 0 Å². The number of nitrogens with zero attached hydrogens (tertiary/aromatic N) is 2. The summed E-state index contributed by atoms with van der Waals surface area (Å²) < 4.78 is 11.9. The van der Waals surface area contributed by atoms with Crippen LogP contribution in [0.25, 0.3) is 0 Å². The van der Waals surface area contributed by atoms with Crippen molar-refractivity contribution in [2.24, 2.45) is 0 Å². The second-order valence-corrected chi connectivity index (χ2v) is 2.68. The minimum atomic E-state index is -0.640. The quantitative estimate of drug-likeness (QED) is 0.606. The zero-order valence-corrected chi connectivity index (χ0v) is 7.74. The normalized spacial score (nSPS) is 9.33. The van der Waals surface area contributed by atoms with Crippen LogP contribution in [0.15, 0.2) is 18.2 Å². The molecule has 0 bridgehead atoms. The number of anilines is 1. The van der Waals surface area contributed by atoms with E-state index in [1.165, 1.54) is 18.2 Å². The van der Waals surface area contributed by atoms with Crippen molar-refractivity contribution in [2.75, 3.05) is 18.5 Å². The zero-order valence-electron chi connectivity index (χ0n) is 7.74. The topological polar surface area (TPSA) is 79.0 Å². The lowest BCUT2D eigenvalue weighted by Gasteiger charge is -2.05. The van der Waals surface area contributed by atoms with Crippen molar-refractivity contribution >= 4 is 11.4 Å². The Morgan fingerprint density at radius 1 is 1.60 bits per heavy atom. The smallest absolute Gasteiger partial charge is 0.289 e. The molecule has 0 aromatic heterocycles. The van der Waals surface area contributed by atoms with Gasteiger partial charge in [-0.15, -0.1) is 0 Å². The Bertz CT molecular complexity index is 414. The van der Waals surface area contributed by atoms with Crippen LogP contribution >= 0.6 is 0 Å². The van der Waals surface area contributed by atoms with Crippen molar-refractivity contribution in [3.8, 4) is 6.07 Å². The molecule has 1 aromatic rings. The number of halogens is 1. The van der Waals surface area contributed by atoms with Crippen LogP contribution in [0, 0.1) is 21.4 Å². The number of nitro benzene ring substituents is 1. The van der Waals surface area contributed by atoms with Gasteiger partial charge in [0.2, 0.25) is 0 Å². The molecule has 0 radical (unpaired) electrons. The Kier molecular flexibility index (Phi) is 3.57. The molecule has 6 heteroatoms. The first-order chi connectivity index (χ1) is 7.20. The highest BCUT2D eigenvalue weighted by molar-refractivity contribution is 5.66. The van der Waals surface area contributed by atoms with Crippen molar-refractivity contribution in [1.82, 2.24) is 0 Å². The van der Waals surface area contributed by atoms with Crippen molar-refractivity contribution in [3.63, 3.8) is 0 Å². The van der Waals surface area contributed by atoms with Crippen molar-refractivity contribution < 1.29 is 9.31 Å². The fourth-order valence-electron chi connectivity index (χ4n) is 1.14. The molecule has 5 nitrogen and oxygen atoms in total. The van der Waals surface area contributed by atoms with Gasteiger partial charge in [-0.3, -0.25) is 10.1 Å². The third-order valence-electron chi connectivity index (χ3n) is 1.76. The molecule has 0 fully saturated rings. The lowest BCUT2D eigenvalue weighted by atomic mass is 10.1. The molecule has 15 heavy (non-hydrogen) atoms. The van der Waals surface area contributed by atoms with E-state index in [4.69, 9.17) is 5.26 Å². The van der Waals surface area contributed by atoms with Crippen LogP contribution in [-0.4, -0.2) is 18.1 Å². The van der Waals surface area contributed by atoms with Gasteiger partial charge in [-0.2, -0.15) is 5.26 Å². The van der Waals surface area contributed by atoms with Gasteiger partial charge >= 0.3 is 0 Å². The maximum absolute atomic E-state index is 11.9. The van der Waals surface area contributed by atoms with Crippen LogP contribution in [0.1, 0.15) is 5.56 Å². The summed E-state index contributed by atoms with van der Waals surface area (Å²) in [6.07, 6.45) is 0. The minimum absolute atomic E-state index is 0.0237. The second-order valence-electron chi connectivity index (χ2n) is 2.68. The molecule has 1 aromatic carbocycles. The van der Waals surface area contributed by atoms with Gasteiger partial charge in [-0.25, -0.2) is 4.39 Å². The average Bonchev–Trinajstić information content (AvgIpc) is 2.25. The van der Waals surface area contributed by atoms with E-state index < -0.39 is 11.6 Å². The molecule has 0 heterocycles. The summed E-state index contributed by atoms with van der Waals surface area (Å²) in [5.41, 5.74) is -0.0679. The first-order valence-corrected chi connectivity index (χ1v) is 4.18. The molecule has 1 N–H and O–H groups in total. The van der Waals surface area contributed by atoms with Gasteiger partial charge in [-0.1, -0.05) is 6.07 Å². The van der Waals surface area contributed by atoms with Crippen LogP contribution in [0.3, 0.4) is 0 Å². The van der Waals surface area contributed by atoms with Gasteiger partial charge in [0.1, 0.15) is 12.7 Å². The molecule has 0 amide bonds. The Morgan fingerprint density at radius 3 is 2.87 bits per heavy atom. The number of nitro groups is 1. The van der Waals surface area contributed by atoms with Crippen LogP contribution in [0.5, 0.6) is 0 Å². The van der Waals surface area contributed by atoms with Gasteiger partial charge in [0.05, 0.1) is 10.6 Å². The number of rotatable bonds is 4. The molecule has 0 aliphatic carbocycles. The van der Waals surface area contributed by atoms with E-state index in [-0.39, 0.29) is 23.5 Å². The standard InChI is InChI=1S/C9H8FN3O2/c10-4-5-12-8-2-1-3-9(13(14)15)7(8)6-11/h1-3,12H,4-5H2. The van der Waals surface area contributed by atoms with Gasteiger partial charge < -0.3 is 5.32 Å². The SMILES string of the molecule is N#Cc1c(NCCF)cccc1[N+](=O)[O-]. The zero-order chi connectivity index (χ0) is 11.3. The molecular weight excluding hydrogens is 201 g/mol. The van der Waals surface area contributed by atoms with Gasteiger partial charge in [0.15, 0.2) is 5.56 Å². The third-order valence-corrected chi connectivity index (χ3v) is 1.76. The highest BCUT2D eigenvalue weighted by Crippen LogP contribution is 2.24. The monoisotopic (exact) mass is 209 g/mol. The van der Waals surface area contributed by atoms with Gasteiger partial charge in [0, 0.05) is 12.6 Å². The Hall–Kier alpha value is -2.16. The predicted molar refractivity (Wildman–Crippen MR) is 52.3 cm³/mol. The number of hydrogen-bond acceptors (Lipinski definition) is 4. The number of benzene rings is 1. The highest BCUT2D eigenvalue weighted by atomic mass is 19.1. The van der Waals surface area contributed by atoms with E-state index in [1.807, 2.05) is 0 Å². The van der Waals surface area contributed by atoms with Gasteiger partial charge in [0.25, 0.3) is 5.69 Å². The van der Waals surface area contributed by atoms with Crippen molar-refractivity contribution in [3.05, 3.63) is 33.9 Å². The molecule has 0 saturated carbocycles. The predicted octanol–water partition coefficient (Wildman–Crippen LogP) is 1.85. The van der Waals surface area contributed by atoms with Crippen LogP contribution in [-0.2, 0) is 0 Å². The molecule has 0 aliphatic heterocycles. The average molecular weight is 209 g/mol. The third kappa shape index (κ3) is 2.40. The van der Waals surface area contributed by atoms with E-state index in [9.17, 15) is 14.5 Å². The Morgan fingerprint density at radius 2 is 2.33 bits per heavy atom. The number of nitriles is 1. The maximum Gasteiger partial charge on any atom is 0.289 e. The van der Waals surface area contributed by atoms with Crippen LogP contribution in [0.4, 0.5) is 15.8 Å². The Labute approximate surface area is 85.3 Å². The number of hydrogen-bond donors (Lipinski definition) is 1. The van der Waals surface area contributed by atoms with E-state index in [0.29, 0.717) is 0 Å². The van der Waals surface area contributed by atoms with Crippen molar-refractivity contribution in [1.29, 1.82) is 5.26 Å². The Balaban J connectivity index is 3.12. The maximum atomic E-state index is 11.9. The van der Waals surface area contributed by atoms with E-state index in [1.54, 1.807) is 6.07 Å². The summed E-state index contributed by atoms with van der Waals surface area (Å²) >= 11 is 0. The molecule has 0 spiro atoms. The summed E-state index contributed by atoms with van der Waals surface area (Å²) in [6, 6.07) is 5.91. The van der Waals surface area contributed by atoms with Crippen molar-refractivity contribution in [2.45, 2.75) is 0 Å². The molecule has 0 aliphatic rings. The fraction of sp³-hybridized carbons (Fsp3) is 0.222. The fourth-order valence-corrected chi connectivity index (χ4v) is 1.14. The second kappa shape index (κ2) is 4.91. The first-order valence-electron chi connectivity index (χ1n) is 4.18. The van der Waals surface area contributed by atoms with Crippen LogP contribution < -0.4 is 5.32 Å². The largest absolute Gasteiger partial charge is 0.381 e. The highest BCUT2D eigenvalue weighted by Gasteiger charge is 2.16. The molecule has 78 valence electrons. The van der Waals surface area contributed by atoms with Crippen LogP contribution in [0.2, 0.25) is 0 Å². The van der Waals surface area contributed by atoms with E-state index >= 15 is 0 Å². The summed E-state index contributed by atoms with van der Waals surface area (Å²) in [6.45, 7) is -0.580. The molecule has 0 unspecified atom stereocenters. The summed E-state index contributed by atoms with van der Waals surface area (Å²) in [5.74, 6) is 0.